The van der Waals surface area contributed by atoms with Crippen LogP contribution >= 0.6 is 27.5 Å². The number of aryl methyl sites for hydroxylation is 1. The maximum absolute atomic E-state index is 11.9. The highest BCUT2D eigenvalue weighted by molar-refractivity contribution is 9.09. The fourth-order valence-electron chi connectivity index (χ4n) is 1.77. The van der Waals surface area contributed by atoms with Crippen molar-refractivity contribution in [2.24, 2.45) is 5.92 Å². The van der Waals surface area contributed by atoms with Gasteiger partial charge in [0, 0.05) is 22.0 Å². The van der Waals surface area contributed by atoms with Crippen LogP contribution in [0.2, 0.25) is 5.02 Å². The first-order valence-corrected chi connectivity index (χ1v) is 7.37. The number of rotatable bonds is 5. The third kappa shape index (κ3) is 5.40. The number of carbonyl (C=O) groups is 1. The van der Waals surface area contributed by atoms with Crippen LogP contribution in [0.4, 0.5) is 0 Å². The van der Waals surface area contributed by atoms with Gasteiger partial charge in [-0.05, 0) is 43.0 Å². The normalized spacial score (nSPS) is 12.6. The first-order valence-electron chi connectivity index (χ1n) is 6.08. The average Bonchev–Trinajstić information content (AvgIpc) is 2.23. The average molecular weight is 333 g/mol. The molecule has 1 amide bonds. The molecule has 18 heavy (non-hydrogen) atoms. The maximum Gasteiger partial charge on any atom is 0.251 e. The van der Waals surface area contributed by atoms with Crippen molar-refractivity contribution >= 4 is 33.4 Å². The SMILES string of the molecule is Cc1cc(Cl)cc(C(=O)NCC(Br)CC(C)C)c1. The number of alkyl halides is 1. The molecule has 1 aromatic rings. The quantitative estimate of drug-likeness (QED) is 0.805. The highest BCUT2D eigenvalue weighted by Crippen LogP contribution is 2.15. The van der Waals surface area contributed by atoms with E-state index in [1.165, 1.54) is 0 Å². The Bertz CT molecular complexity index is 400. The molecule has 0 radical (unpaired) electrons. The molecule has 1 rings (SSSR count). The number of benzene rings is 1. The van der Waals surface area contributed by atoms with E-state index in [2.05, 4.69) is 35.1 Å². The summed E-state index contributed by atoms with van der Waals surface area (Å²) in [6, 6.07) is 5.37. The van der Waals surface area contributed by atoms with Crippen molar-refractivity contribution in [3.05, 3.63) is 34.3 Å². The molecule has 1 atom stereocenters. The molecule has 0 aromatic heterocycles. The smallest absolute Gasteiger partial charge is 0.251 e. The van der Waals surface area contributed by atoms with Gasteiger partial charge < -0.3 is 5.32 Å². The minimum Gasteiger partial charge on any atom is -0.351 e. The van der Waals surface area contributed by atoms with Crippen molar-refractivity contribution in [3.8, 4) is 0 Å². The monoisotopic (exact) mass is 331 g/mol. The fraction of sp³-hybridized carbons (Fsp3) is 0.500. The summed E-state index contributed by atoms with van der Waals surface area (Å²) in [4.78, 5) is 12.3. The first-order chi connectivity index (χ1) is 8.38. The van der Waals surface area contributed by atoms with Crippen molar-refractivity contribution in [2.45, 2.75) is 32.0 Å². The standard InChI is InChI=1S/C14H19BrClNO/c1-9(2)4-12(15)8-17-14(18)11-5-10(3)6-13(16)7-11/h5-7,9,12H,4,8H2,1-3H3,(H,17,18). The molecule has 0 aliphatic carbocycles. The molecule has 1 unspecified atom stereocenters. The Kier molecular flexibility index (Phi) is 6.16. The minimum atomic E-state index is -0.0752. The molecule has 0 aliphatic heterocycles. The summed E-state index contributed by atoms with van der Waals surface area (Å²) >= 11 is 9.50. The predicted octanol–water partition coefficient (Wildman–Crippen LogP) is 4.19. The Hall–Kier alpha value is -0.540. The maximum atomic E-state index is 11.9. The second-order valence-electron chi connectivity index (χ2n) is 4.95. The Labute approximate surface area is 122 Å². The van der Waals surface area contributed by atoms with Crippen molar-refractivity contribution in [1.29, 1.82) is 0 Å². The van der Waals surface area contributed by atoms with Gasteiger partial charge in [-0.15, -0.1) is 0 Å². The lowest BCUT2D eigenvalue weighted by Crippen LogP contribution is -2.30. The van der Waals surface area contributed by atoms with Crippen LogP contribution in [0, 0.1) is 12.8 Å². The number of nitrogens with one attached hydrogen (secondary N) is 1. The van der Waals surface area contributed by atoms with E-state index in [4.69, 9.17) is 11.6 Å². The van der Waals surface area contributed by atoms with Gasteiger partial charge >= 0.3 is 0 Å². The van der Waals surface area contributed by atoms with Crippen LogP contribution in [0.15, 0.2) is 18.2 Å². The lowest BCUT2D eigenvalue weighted by atomic mass is 10.1. The molecule has 0 saturated carbocycles. The molecular formula is C14H19BrClNO. The van der Waals surface area contributed by atoms with Gasteiger partial charge in [0.05, 0.1) is 0 Å². The molecule has 0 bridgehead atoms. The van der Waals surface area contributed by atoms with Gasteiger partial charge in [-0.25, -0.2) is 0 Å². The zero-order chi connectivity index (χ0) is 13.7. The van der Waals surface area contributed by atoms with Crippen LogP contribution in [-0.2, 0) is 0 Å². The Morgan fingerprint density at radius 1 is 1.39 bits per heavy atom. The second-order valence-corrected chi connectivity index (χ2v) is 6.69. The summed E-state index contributed by atoms with van der Waals surface area (Å²) in [6.07, 6.45) is 1.04. The molecule has 0 saturated heterocycles. The van der Waals surface area contributed by atoms with Crippen LogP contribution in [0.3, 0.4) is 0 Å². The minimum absolute atomic E-state index is 0.0752. The van der Waals surface area contributed by atoms with Crippen LogP contribution in [0.25, 0.3) is 0 Å². The van der Waals surface area contributed by atoms with Gasteiger partial charge in [0.1, 0.15) is 0 Å². The number of amides is 1. The van der Waals surface area contributed by atoms with Gasteiger partial charge in [0.2, 0.25) is 0 Å². The van der Waals surface area contributed by atoms with Crippen molar-refractivity contribution < 1.29 is 4.79 Å². The number of hydrogen-bond acceptors (Lipinski definition) is 1. The van der Waals surface area contributed by atoms with Crippen LogP contribution in [0.1, 0.15) is 36.2 Å². The molecule has 0 spiro atoms. The molecule has 0 heterocycles. The van der Waals surface area contributed by atoms with E-state index in [-0.39, 0.29) is 5.91 Å². The zero-order valence-corrected chi connectivity index (χ0v) is 13.3. The molecular weight excluding hydrogens is 314 g/mol. The van der Waals surface area contributed by atoms with E-state index in [0.29, 0.717) is 27.9 Å². The lowest BCUT2D eigenvalue weighted by Gasteiger charge is -2.13. The van der Waals surface area contributed by atoms with Gasteiger partial charge in [-0.1, -0.05) is 41.4 Å². The highest BCUT2D eigenvalue weighted by Gasteiger charge is 2.11. The van der Waals surface area contributed by atoms with Gasteiger partial charge in [-0.3, -0.25) is 4.79 Å². The summed E-state index contributed by atoms with van der Waals surface area (Å²) < 4.78 is 0. The van der Waals surface area contributed by atoms with Crippen LogP contribution < -0.4 is 5.32 Å². The second kappa shape index (κ2) is 7.15. The first kappa shape index (κ1) is 15.5. The Balaban J connectivity index is 2.55. The fourth-order valence-corrected chi connectivity index (χ4v) is 2.97. The summed E-state index contributed by atoms with van der Waals surface area (Å²) in [5.74, 6) is 0.536. The largest absolute Gasteiger partial charge is 0.351 e. The van der Waals surface area contributed by atoms with E-state index in [0.717, 1.165) is 12.0 Å². The van der Waals surface area contributed by atoms with Crippen LogP contribution in [0.5, 0.6) is 0 Å². The van der Waals surface area contributed by atoms with E-state index in [9.17, 15) is 4.79 Å². The molecule has 2 nitrogen and oxygen atoms in total. The number of hydrogen-bond donors (Lipinski definition) is 1. The van der Waals surface area contributed by atoms with Crippen LogP contribution in [-0.4, -0.2) is 17.3 Å². The summed E-state index contributed by atoms with van der Waals surface area (Å²) in [5, 5.41) is 3.51. The summed E-state index contributed by atoms with van der Waals surface area (Å²) in [6.45, 7) is 6.88. The van der Waals surface area contributed by atoms with Gasteiger partial charge in [-0.2, -0.15) is 0 Å². The molecule has 0 aliphatic rings. The molecule has 1 aromatic carbocycles. The van der Waals surface area contributed by atoms with E-state index < -0.39 is 0 Å². The topological polar surface area (TPSA) is 29.1 Å². The number of halogens is 2. The molecule has 4 heteroatoms. The molecule has 0 fully saturated rings. The van der Waals surface area contributed by atoms with E-state index in [1.54, 1.807) is 6.07 Å². The van der Waals surface area contributed by atoms with Crippen molar-refractivity contribution in [2.75, 3.05) is 6.54 Å². The summed E-state index contributed by atoms with van der Waals surface area (Å²) in [7, 11) is 0. The Morgan fingerprint density at radius 2 is 2.06 bits per heavy atom. The highest BCUT2D eigenvalue weighted by atomic mass is 79.9. The molecule has 100 valence electrons. The van der Waals surface area contributed by atoms with E-state index in [1.807, 2.05) is 19.1 Å². The van der Waals surface area contributed by atoms with Gasteiger partial charge in [0.15, 0.2) is 0 Å². The third-order valence-corrected chi connectivity index (χ3v) is 3.43. The predicted molar refractivity (Wildman–Crippen MR) is 80.7 cm³/mol. The molecule has 1 N–H and O–H groups in total. The third-order valence-electron chi connectivity index (χ3n) is 2.52. The zero-order valence-electron chi connectivity index (χ0n) is 11.0. The van der Waals surface area contributed by atoms with Crippen molar-refractivity contribution in [1.82, 2.24) is 5.32 Å². The number of carbonyl (C=O) groups excluding carboxylic acids is 1. The van der Waals surface area contributed by atoms with E-state index >= 15 is 0 Å². The van der Waals surface area contributed by atoms with Gasteiger partial charge in [0.25, 0.3) is 5.91 Å². The lowest BCUT2D eigenvalue weighted by molar-refractivity contribution is 0.0953. The Morgan fingerprint density at radius 3 is 2.61 bits per heavy atom. The van der Waals surface area contributed by atoms with Crippen molar-refractivity contribution in [3.63, 3.8) is 0 Å². The summed E-state index contributed by atoms with van der Waals surface area (Å²) in [5.41, 5.74) is 1.61.